The number of nitrogens with zero attached hydrogens (tertiary/aromatic N) is 3. The molecular weight excluding hydrogens is 374 g/mol. The van der Waals surface area contributed by atoms with Crippen molar-refractivity contribution in [3.05, 3.63) is 52.8 Å². The molecule has 1 saturated carbocycles. The van der Waals surface area contributed by atoms with Crippen LogP contribution in [0.2, 0.25) is 0 Å². The van der Waals surface area contributed by atoms with Crippen LogP contribution < -0.4 is 0 Å². The number of ketones is 1. The molecule has 2 unspecified atom stereocenters. The average molecular weight is 404 g/mol. The molecule has 3 atom stereocenters. The van der Waals surface area contributed by atoms with E-state index in [9.17, 15) is 9.90 Å². The maximum absolute atomic E-state index is 13.3. The lowest BCUT2D eigenvalue weighted by Crippen LogP contribution is -2.36. The minimum atomic E-state index is -0.282. The van der Waals surface area contributed by atoms with Gasteiger partial charge in [0.05, 0.1) is 24.3 Å². The number of Topliss-reactive ketones (excluding diaryl/α,β-unsaturated/α-hetero) is 1. The van der Waals surface area contributed by atoms with Crippen LogP contribution in [-0.4, -0.2) is 45.1 Å². The maximum atomic E-state index is 13.3. The molecule has 1 aromatic heterocycles. The van der Waals surface area contributed by atoms with E-state index < -0.39 is 0 Å². The fraction of sp³-hybridized carbons (Fsp3) is 0.520. The minimum Gasteiger partial charge on any atom is -0.391 e. The zero-order valence-corrected chi connectivity index (χ0v) is 17.6. The van der Waals surface area contributed by atoms with Crippen molar-refractivity contribution in [2.75, 3.05) is 6.54 Å². The molecule has 0 amide bonds. The van der Waals surface area contributed by atoms with Crippen LogP contribution in [0.25, 0.3) is 5.69 Å². The molecule has 5 rings (SSSR count). The van der Waals surface area contributed by atoms with E-state index in [1.54, 1.807) is 0 Å². The van der Waals surface area contributed by atoms with Crippen molar-refractivity contribution in [3.63, 3.8) is 0 Å². The van der Waals surface area contributed by atoms with E-state index in [-0.39, 0.29) is 17.9 Å². The topological polar surface area (TPSA) is 69.3 Å². The smallest absolute Gasteiger partial charge is 0.178 e. The zero-order valence-electron chi connectivity index (χ0n) is 17.6. The molecule has 3 fully saturated rings. The zero-order chi connectivity index (χ0) is 20.8. The molecule has 3 aliphatic rings. The molecule has 30 heavy (non-hydrogen) atoms. The van der Waals surface area contributed by atoms with Crippen molar-refractivity contribution in [3.8, 4) is 11.8 Å². The number of fused-ring (bicyclic) bond motifs is 2. The Morgan fingerprint density at radius 3 is 2.53 bits per heavy atom. The molecule has 5 heteroatoms. The molecule has 0 radical (unpaired) electrons. The molecule has 1 N–H and O–H groups in total. The highest BCUT2D eigenvalue weighted by molar-refractivity contribution is 5.99. The third-order valence-electron chi connectivity index (χ3n) is 7.58. The second kappa shape index (κ2) is 7.68. The lowest BCUT2D eigenvalue weighted by molar-refractivity contribution is 0.0873. The SMILES string of the molecule is Cc1c(C(=O)CN2C3CCC2[C@@H](O)C3)cc(CC2CCC2)n1-c1ccc(C#N)cc1. The van der Waals surface area contributed by atoms with E-state index in [0.29, 0.717) is 24.1 Å². The normalized spacial score (nSPS) is 26.0. The van der Waals surface area contributed by atoms with Crippen molar-refractivity contribution in [2.45, 2.75) is 70.1 Å². The molecule has 2 bridgehead atoms. The summed E-state index contributed by atoms with van der Waals surface area (Å²) in [6, 6.07) is 12.4. The summed E-state index contributed by atoms with van der Waals surface area (Å²) in [4.78, 5) is 15.6. The highest BCUT2D eigenvalue weighted by Crippen LogP contribution is 2.38. The van der Waals surface area contributed by atoms with Gasteiger partial charge >= 0.3 is 0 Å². The van der Waals surface area contributed by atoms with Gasteiger partial charge in [-0.2, -0.15) is 5.26 Å². The number of hydrogen-bond acceptors (Lipinski definition) is 4. The quantitative estimate of drug-likeness (QED) is 0.745. The highest BCUT2D eigenvalue weighted by Gasteiger charge is 2.46. The van der Waals surface area contributed by atoms with Gasteiger partial charge in [0.2, 0.25) is 0 Å². The predicted octanol–water partition coefficient (Wildman–Crippen LogP) is 3.78. The Labute approximate surface area is 177 Å². The number of benzene rings is 1. The lowest BCUT2D eigenvalue weighted by Gasteiger charge is -2.26. The Bertz CT molecular complexity index is 997. The Morgan fingerprint density at radius 1 is 1.20 bits per heavy atom. The van der Waals surface area contributed by atoms with Gasteiger partial charge in [0.25, 0.3) is 0 Å². The number of rotatable bonds is 6. The first-order chi connectivity index (χ1) is 14.5. The first-order valence-electron chi connectivity index (χ1n) is 11.2. The third kappa shape index (κ3) is 3.29. The minimum absolute atomic E-state index is 0.148. The number of aromatic nitrogens is 1. The van der Waals surface area contributed by atoms with Gasteiger partial charge in [-0.1, -0.05) is 19.3 Å². The summed E-state index contributed by atoms with van der Waals surface area (Å²) in [5.41, 5.74) is 4.62. The van der Waals surface area contributed by atoms with Crippen LogP contribution in [0.4, 0.5) is 0 Å². The first-order valence-corrected chi connectivity index (χ1v) is 11.2. The van der Waals surface area contributed by atoms with Crippen LogP contribution in [0.3, 0.4) is 0 Å². The van der Waals surface area contributed by atoms with Gasteiger partial charge in [-0.05, 0) is 68.9 Å². The van der Waals surface area contributed by atoms with Gasteiger partial charge in [-0.3, -0.25) is 9.69 Å². The van der Waals surface area contributed by atoms with E-state index in [2.05, 4.69) is 21.6 Å². The Kier molecular flexibility index (Phi) is 5.00. The highest BCUT2D eigenvalue weighted by atomic mass is 16.3. The number of carbonyl (C=O) groups excluding carboxylic acids is 1. The summed E-state index contributed by atoms with van der Waals surface area (Å²) in [6.07, 6.45) is 7.41. The van der Waals surface area contributed by atoms with Gasteiger partial charge in [-0.15, -0.1) is 0 Å². The molecule has 0 spiro atoms. The summed E-state index contributed by atoms with van der Waals surface area (Å²) < 4.78 is 2.21. The standard InChI is InChI=1S/C25H29N3O2/c1-16-22(25(30)15-27-20-9-10-23(27)24(29)13-20)12-21(11-17-3-2-4-17)28(16)19-7-5-18(14-26)6-8-19/h5-8,12,17,20,23-24,29H,2-4,9-11,13,15H2,1H3/t20?,23?,24-/m0/s1. The molecule has 1 aliphatic carbocycles. The molecule has 2 aliphatic heterocycles. The molecule has 1 aromatic carbocycles. The second-order valence-corrected chi connectivity index (χ2v) is 9.33. The van der Waals surface area contributed by atoms with Gasteiger partial charge < -0.3 is 9.67 Å². The van der Waals surface area contributed by atoms with Gasteiger partial charge in [0.1, 0.15) is 0 Å². The summed E-state index contributed by atoms with van der Waals surface area (Å²) in [6.45, 7) is 2.43. The first kappa shape index (κ1) is 19.5. The summed E-state index contributed by atoms with van der Waals surface area (Å²) in [5.74, 6) is 0.852. The van der Waals surface area contributed by atoms with Crippen molar-refractivity contribution < 1.29 is 9.90 Å². The van der Waals surface area contributed by atoms with Gasteiger partial charge in [0, 0.05) is 34.7 Å². The van der Waals surface area contributed by atoms with Crippen LogP contribution in [0.5, 0.6) is 0 Å². The van der Waals surface area contributed by atoms with Crippen LogP contribution in [0.1, 0.15) is 65.8 Å². The summed E-state index contributed by atoms with van der Waals surface area (Å²) >= 11 is 0. The van der Waals surface area contributed by atoms with E-state index in [0.717, 1.165) is 42.6 Å². The second-order valence-electron chi connectivity index (χ2n) is 9.33. The van der Waals surface area contributed by atoms with Crippen LogP contribution in [-0.2, 0) is 6.42 Å². The third-order valence-corrected chi connectivity index (χ3v) is 7.58. The number of aliphatic hydroxyl groups excluding tert-OH is 1. The monoisotopic (exact) mass is 403 g/mol. The van der Waals surface area contributed by atoms with Crippen LogP contribution >= 0.6 is 0 Å². The molecule has 2 saturated heterocycles. The number of hydrogen-bond donors (Lipinski definition) is 1. The van der Waals surface area contributed by atoms with Crippen molar-refractivity contribution in [1.82, 2.24) is 9.47 Å². The van der Waals surface area contributed by atoms with E-state index in [1.807, 2.05) is 31.2 Å². The van der Waals surface area contributed by atoms with Crippen molar-refractivity contribution in [2.24, 2.45) is 5.92 Å². The Morgan fingerprint density at radius 2 is 1.97 bits per heavy atom. The number of carbonyl (C=O) groups is 1. The van der Waals surface area contributed by atoms with Crippen LogP contribution in [0.15, 0.2) is 30.3 Å². The number of aliphatic hydroxyl groups is 1. The molecule has 2 aromatic rings. The van der Waals surface area contributed by atoms with Crippen molar-refractivity contribution >= 4 is 5.78 Å². The average Bonchev–Trinajstić information content (AvgIpc) is 3.34. The van der Waals surface area contributed by atoms with E-state index in [1.165, 1.54) is 25.0 Å². The summed E-state index contributed by atoms with van der Waals surface area (Å²) in [5, 5.41) is 19.3. The van der Waals surface area contributed by atoms with E-state index >= 15 is 0 Å². The molecule has 156 valence electrons. The number of nitriles is 1. The maximum Gasteiger partial charge on any atom is 0.178 e. The fourth-order valence-corrected chi connectivity index (χ4v) is 5.71. The van der Waals surface area contributed by atoms with Gasteiger partial charge in [-0.25, -0.2) is 0 Å². The van der Waals surface area contributed by atoms with Crippen molar-refractivity contribution in [1.29, 1.82) is 5.26 Å². The summed E-state index contributed by atoms with van der Waals surface area (Å²) in [7, 11) is 0. The Balaban J connectivity index is 1.46. The van der Waals surface area contributed by atoms with Gasteiger partial charge in [0.15, 0.2) is 5.78 Å². The van der Waals surface area contributed by atoms with E-state index in [4.69, 9.17) is 5.26 Å². The van der Waals surface area contributed by atoms with Crippen LogP contribution in [0, 0.1) is 24.2 Å². The molecule has 3 heterocycles. The Hall–Kier alpha value is -2.42. The predicted molar refractivity (Wildman–Crippen MR) is 115 cm³/mol. The molecule has 5 nitrogen and oxygen atoms in total. The largest absolute Gasteiger partial charge is 0.391 e. The lowest BCUT2D eigenvalue weighted by atomic mass is 9.82. The molecular formula is C25H29N3O2. The fourth-order valence-electron chi connectivity index (χ4n) is 5.71.